The highest BCUT2D eigenvalue weighted by atomic mass is 19.4. The predicted octanol–water partition coefficient (Wildman–Crippen LogP) is 2.54. The Morgan fingerprint density at radius 2 is 2.10 bits per heavy atom. The first-order valence-corrected chi connectivity index (χ1v) is 6.55. The molecule has 21 heavy (non-hydrogen) atoms. The summed E-state index contributed by atoms with van der Waals surface area (Å²) in [5.41, 5.74) is 0.584. The third-order valence-corrected chi connectivity index (χ3v) is 2.79. The number of benzene rings is 1. The summed E-state index contributed by atoms with van der Waals surface area (Å²) in [5.74, 6) is -0.330. The third-order valence-electron chi connectivity index (χ3n) is 2.79. The predicted molar refractivity (Wildman–Crippen MR) is 72.8 cm³/mol. The van der Waals surface area contributed by atoms with Gasteiger partial charge in [0.15, 0.2) is 0 Å². The highest BCUT2D eigenvalue weighted by molar-refractivity contribution is 5.75. The van der Waals surface area contributed by atoms with Crippen molar-refractivity contribution in [3.8, 4) is 5.75 Å². The summed E-state index contributed by atoms with van der Waals surface area (Å²) in [6, 6.07) is 5.63. The number of hydrogen-bond acceptors (Lipinski definition) is 3. The molecule has 0 aliphatic carbocycles. The quantitative estimate of drug-likeness (QED) is 0.787. The van der Waals surface area contributed by atoms with Crippen LogP contribution < -0.4 is 10.1 Å². The molecule has 7 heteroatoms. The molecule has 1 aromatic carbocycles. The summed E-state index contributed by atoms with van der Waals surface area (Å²) < 4.78 is 40.3. The smallest absolute Gasteiger partial charge is 0.406 e. The molecule has 0 saturated heterocycles. The largest absolute Gasteiger partial charge is 0.573 e. The van der Waals surface area contributed by atoms with E-state index in [9.17, 15) is 18.0 Å². The van der Waals surface area contributed by atoms with E-state index in [2.05, 4.69) is 10.1 Å². The number of amides is 1. The Bertz CT molecular complexity index is 464. The second kappa shape index (κ2) is 7.87. The van der Waals surface area contributed by atoms with Gasteiger partial charge in [-0.05, 0) is 37.7 Å². The Hall–Kier alpha value is -1.76. The number of nitrogens with one attached hydrogen (secondary N) is 1. The summed E-state index contributed by atoms with van der Waals surface area (Å²) in [5, 5.41) is 2.95. The van der Waals surface area contributed by atoms with Crippen molar-refractivity contribution in [2.24, 2.45) is 0 Å². The fourth-order valence-electron chi connectivity index (χ4n) is 1.81. The van der Waals surface area contributed by atoms with Gasteiger partial charge in [-0.1, -0.05) is 12.1 Å². The highest BCUT2D eigenvalue weighted by Gasteiger charge is 2.31. The number of ether oxygens (including phenoxy) is 1. The van der Waals surface area contributed by atoms with Crippen LogP contribution in [0.1, 0.15) is 18.4 Å². The van der Waals surface area contributed by atoms with E-state index in [0.717, 1.165) is 13.0 Å². The third kappa shape index (κ3) is 6.99. The first-order chi connectivity index (χ1) is 9.81. The summed E-state index contributed by atoms with van der Waals surface area (Å²) in [4.78, 5) is 13.3. The van der Waals surface area contributed by atoms with E-state index in [4.69, 9.17) is 0 Å². The number of carbonyl (C=O) groups excluding carboxylic acids is 1. The van der Waals surface area contributed by atoms with Gasteiger partial charge in [-0.3, -0.25) is 4.79 Å². The SMILES string of the molecule is CNCCCC(=O)N(C)Cc1cccc(OC(F)(F)F)c1. The number of alkyl halides is 3. The molecule has 0 heterocycles. The van der Waals surface area contributed by atoms with Gasteiger partial charge in [-0.2, -0.15) is 0 Å². The molecule has 0 saturated carbocycles. The second-order valence-corrected chi connectivity index (χ2v) is 4.65. The van der Waals surface area contributed by atoms with E-state index in [-0.39, 0.29) is 18.2 Å². The van der Waals surface area contributed by atoms with Crippen molar-refractivity contribution in [1.82, 2.24) is 10.2 Å². The van der Waals surface area contributed by atoms with E-state index < -0.39 is 6.36 Å². The Morgan fingerprint density at radius 3 is 2.71 bits per heavy atom. The van der Waals surface area contributed by atoms with Crippen LogP contribution in [-0.4, -0.2) is 37.8 Å². The topological polar surface area (TPSA) is 41.6 Å². The van der Waals surface area contributed by atoms with Crippen LogP contribution in [0.15, 0.2) is 24.3 Å². The maximum absolute atomic E-state index is 12.1. The van der Waals surface area contributed by atoms with Gasteiger partial charge in [-0.15, -0.1) is 13.2 Å². The minimum atomic E-state index is -4.71. The van der Waals surface area contributed by atoms with Crippen molar-refractivity contribution in [1.29, 1.82) is 0 Å². The lowest BCUT2D eigenvalue weighted by molar-refractivity contribution is -0.274. The summed E-state index contributed by atoms with van der Waals surface area (Å²) in [6.45, 7) is 0.988. The minimum Gasteiger partial charge on any atom is -0.406 e. The molecule has 0 unspecified atom stereocenters. The van der Waals surface area contributed by atoms with Gasteiger partial charge < -0.3 is 15.0 Å². The molecule has 0 atom stereocenters. The number of carbonyl (C=O) groups is 1. The van der Waals surface area contributed by atoms with Crippen LogP contribution in [-0.2, 0) is 11.3 Å². The lowest BCUT2D eigenvalue weighted by Crippen LogP contribution is -2.26. The Kier molecular flexibility index (Phi) is 6.48. The van der Waals surface area contributed by atoms with Gasteiger partial charge in [0.05, 0.1) is 0 Å². The summed E-state index contributed by atoms with van der Waals surface area (Å²) in [7, 11) is 3.43. The van der Waals surface area contributed by atoms with Crippen LogP contribution in [0.2, 0.25) is 0 Å². The molecule has 1 amide bonds. The van der Waals surface area contributed by atoms with Crippen molar-refractivity contribution < 1.29 is 22.7 Å². The lowest BCUT2D eigenvalue weighted by atomic mass is 10.2. The van der Waals surface area contributed by atoms with Crippen LogP contribution in [0.25, 0.3) is 0 Å². The second-order valence-electron chi connectivity index (χ2n) is 4.65. The van der Waals surface area contributed by atoms with E-state index in [1.165, 1.54) is 23.1 Å². The van der Waals surface area contributed by atoms with Crippen LogP contribution in [0.3, 0.4) is 0 Å². The van der Waals surface area contributed by atoms with Crippen LogP contribution in [0.4, 0.5) is 13.2 Å². The fraction of sp³-hybridized carbons (Fsp3) is 0.500. The number of rotatable bonds is 7. The molecular formula is C14H19F3N2O2. The van der Waals surface area contributed by atoms with Gasteiger partial charge in [-0.25, -0.2) is 0 Å². The zero-order valence-corrected chi connectivity index (χ0v) is 12.0. The van der Waals surface area contributed by atoms with Gasteiger partial charge in [0.1, 0.15) is 5.75 Å². The zero-order chi connectivity index (χ0) is 15.9. The summed E-state index contributed by atoms with van der Waals surface area (Å²) in [6.07, 6.45) is -3.60. The van der Waals surface area contributed by atoms with E-state index >= 15 is 0 Å². The maximum atomic E-state index is 12.1. The van der Waals surface area contributed by atoms with Crippen molar-refractivity contribution in [3.05, 3.63) is 29.8 Å². The average Bonchev–Trinajstić information content (AvgIpc) is 2.37. The molecule has 0 bridgehead atoms. The first-order valence-electron chi connectivity index (χ1n) is 6.55. The Balaban J connectivity index is 2.57. The Morgan fingerprint density at radius 1 is 1.38 bits per heavy atom. The van der Waals surface area contributed by atoms with Crippen molar-refractivity contribution in [3.63, 3.8) is 0 Å². The molecule has 0 spiro atoms. The first kappa shape index (κ1) is 17.3. The van der Waals surface area contributed by atoms with Crippen molar-refractivity contribution >= 4 is 5.91 Å². The normalized spacial score (nSPS) is 11.3. The molecule has 0 fully saturated rings. The molecular weight excluding hydrogens is 285 g/mol. The van der Waals surface area contributed by atoms with Gasteiger partial charge in [0.2, 0.25) is 5.91 Å². The van der Waals surface area contributed by atoms with E-state index in [1.54, 1.807) is 20.2 Å². The molecule has 0 aliphatic rings. The van der Waals surface area contributed by atoms with Gasteiger partial charge in [0, 0.05) is 20.0 Å². The van der Waals surface area contributed by atoms with Crippen molar-refractivity contribution in [2.45, 2.75) is 25.7 Å². The monoisotopic (exact) mass is 304 g/mol. The molecule has 0 aliphatic heterocycles. The van der Waals surface area contributed by atoms with Crippen LogP contribution in [0.5, 0.6) is 5.75 Å². The molecule has 0 aromatic heterocycles. The number of nitrogens with zero attached hydrogens (tertiary/aromatic N) is 1. The molecule has 1 N–H and O–H groups in total. The highest BCUT2D eigenvalue weighted by Crippen LogP contribution is 2.23. The molecule has 1 rings (SSSR count). The zero-order valence-electron chi connectivity index (χ0n) is 12.0. The Labute approximate surface area is 121 Å². The number of halogens is 3. The number of hydrogen-bond donors (Lipinski definition) is 1. The molecule has 118 valence electrons. The van der Waals surface area contributed by atoms with Gasteiger partial charge in [0.25, 0.3) is 0 Å². The van der Waals surface area contributed by atoms with Gasteiger partial charge >= 0.3 is 6.36 Å². The standard InChI is InChI=1S/C14H19F3N2O2/c1-18-8-4-7-13(20)19(2)10-11-5-3-6-12(9-11)21-14(15,16)17/h3,5-6,9,18H,4,7-8,10H2,1-2H3. The minimum absolute atomic E-state index is 0.0487. The van der Waals surface area contributed by atoms with E-state index in [1.807, 2.05) is 0 Å². The van der Waals surface area contributed by atoms with Crippen LogP contribution in [0, 0.1) is 0 Å². The maximum Gasteiger partial charge on any atom is 0.573 e. The van der Waals surface area contributed by atoms with E-state index in [0.29, 0.717) is 12.0 Å². The molecule has 4 nitrogen and oxygen atoms in total. The average molecular weight is 304 g/mol. The fourth-order valence-corrected chi connectivity index (χ4v) is 1.81. The lowest BCUT2D eigenvalue weighted by Gasteiger charge is -2.18. The molecule has 0 radical (unpaired) electrons. The summed E-state index contributed by atoms with van der Waals surface area (Å²) >= 11 is 0. The van der Waals surface area contributed by atoms with Crippen molar-refractivity contribution in [2.75, 3.05) is 20.6 Å². The molecule has 1 aromatic rings. The van der Waals surface area contributed by atoms with Crippen LogP contribution >= 0.6 is 0 Å².